The largest absolute Gasteiger partial charge is 0.367 e. The number of pyridine rings is 2. The summed E-state index contributed by atoms with van der Waals surface area (Å²) in [5, 5.41) is 7.21. The SMILES string of the molecule is N[C@@H]1CC[C@@H](Nc2cc(-c3cccc(NCc4cccc(F)c4)n3)c(Cl)cn2)C1. The molecule has 0 spiro atoms. The van der Waals surface area contributed by atoms with Gasteiger partial charge in [-0.2, -0.15) is 0 Å². The van der Waals surface area contributed by atoms with Crippen LogP contribution in [0.15, 0.2) is 54.7 Å². The Labute approximate surface area is 174 Å². The van der Waals surface area contributed by atoms with Crippen molar-refractivity contribution in [2.45, 2.75) is 37.9 Å². The van der Waals surface area contributed by atoms with Crippen LogP contribution in [0.25, 0.3) is 11.3 Å². The molecule has 0 saturated heterocycles. The van der Waals surface area contributed by atoms with Gasteiger partial charge in [0.2, 0.25) is 0 Å². The molecule has 7 heteroatoms. The van der Waals surface area contributed by atoms with Gasteiger partial charge in [0.05, 0.1) is 10.7 Å². The summed E-state index contributed by atoms with van der Waals surface area (Å²) in [6, 6.07) is 14.7. The Kier molecular flexibility index (Phi) is 5.92. The zero-order valence-corrected chi connectivity index (χ0v) is 16.7. The highest BCUT2D eigenvalue weighted by molar-refractivity contribution is 6.33. The van der Waals surface area contributed by atoms with E-state index in [4.69, 9.17) is 17.3 Å². The van der Waals surface area contributed by atoms with E-state index in [1.807, 2.05) is 30.3 Å². The molecule has 1 aliphatic carbocycles. The van der Waals surface area contributed by atoms with Crippen molar-refractivity contribution in [3.8, 4) is 11.3 Å². The van der Waals surface area contributed by atoms with E-state index in [1.54, 1.807) is 12.3 Å². The Balaban J connectivity index is 1.50. The maximum absolute atomic E-state index is 13.4. The van der Waals surface area contributed by atoms with E-state index in [0.717, 1.165) is 41.9 Å². The number of hydrogen-bond acceptors (Lipinski definition) is 5. The van der Waals surface area contributed by atoms with E-state index in [1.165, 1.54) is 12.1 Å². The topological polar surface area (TPSA) is 75.9 Å². The molecule has 1 saturated carbocycles. The Morgan fingerprint density at radius 2 is 1.97 bits per heavy atom. The van der Waals surface area contributed by atoms with E-state index >= 15 is 0 Å². The summed E-state index contributed by atoms with van der Waals surface area (Å²) in [6.07, 6.45) is 4.65. The molecular weight excluding hydrogens is 389 g/mol. The Hall–Kier alpha value is -2.70. The maximum Gasteiger partial charge on any atom is 0.126 e. The third-order valence-corrected chi connectivity index (χ3v) is 5.37. The number of rotatable bonds is 6. The molecule has 0 aliphatic heterocycles. The summed E-state index contributed by atoms with van der Waals surface area (Å²) < 4.78 is 13.4. The van der Waals surface area contributed by atoms with Crippen molar-refractivity contribution >= 4 is 23.2 Å². The van der Waals surface area contributed by atoms with Crippen molar-refractivity contribution in [3.05, 3.63) is 71.1 Å². The van der Waals surface area contributed by atoms with E-state index < -0.39 is 0 Å². The first-order valence-electron chi connectivity index (χ1n) is 9.70. The average Bonchev–Trinajstić information content (AvgIpc) is 3.13. The summed E-state index contributed by atoms with van der Waals surface area (Å²) >= 11 is 6.40. The number of nitrogens with zero attached hydrogens (tertiary/aromatic N) is 2. The first kappa shape index (κ1) is 19.6. The third-order valence-electron chi connectivity index (χ3n) is 5.07. The molecule has 29 heavy (non-hydrogen) atoms. The fourth-order valence-electron chi connectivity index (χ4n) is 3.59. The van der Waals surface area contributed by atoms with Gasteiger partial charge in [-0.05, 0) is 55.2 Å². The molecule has 3 aromatic rings. The van der Waals surface area contributed by atoms with Gasteiger partial charge in [-0.1, -0.05) is 29.8 Å². The summed E-state index contributed by atoms with van der Waals surface area (Å²) in [7, 11) is 0. The molecular formula is C22H23ClFN5. The molecule has 0 unspecified atom stereocenters. The molecule has 150 valence electrons. The molecule has 0 amide bonds. The second kappa shape index (κ2) is 8.76. The van der Waals surface area contributed by atoms with Gasteiger partial charge in [0.15, 0.2) is 0 Å². The molecule has 5 nitrogen and oxygen atoms in total. The minimum atomic E-state index is -0.252. The van der Waals surface area contributed by atoms with Crippen molar-refractivity contribution < 1.29 is 4.39 Å². The van der Waals surface area contributed by atoms with Crippen molar-refractivity contribution in [2.75, 3.05) is 10.6 Å². The van der Waals surface area contributed by atoms with Crippen LogP contribution in [-0.4, -0.2) is 22.1 Å². The van der Waals surface area contributed by atoms with Gasteiger partial charge < -0.3 is 16.4 Å². The van der Waals surface area contributed by atoms with E-state index in [9.17, 15) is 4.39 Å². The number of nitrogens with one attached hydrogen (secondary N) is 2. The molecule has 2 aromatic heterocycles. The van der Waals surface area contributed by atoms with Gasteiger partial charge in [-0.15, -0.1) is 0 Å². The van der Waals surface area contributed by atoms with Crippen molar-refractivity contribution in [1.29, 1.82) is 0 Å². The second-order valence-corrected chi connectivity index (χ2v) is 7.76. The normalized spacial score (nSPS) is 18.6. The van der Waals surface area contributed by atoms with Crippen LogP contribution in [0, 0.1) is 5.82 Å². The number of anilines is 2. The van der Waals surface area contributed by atoms with Crippen LogP contribution in [0.5, 0.6) is 0 Å². The number of benzene rings is 1. The Bertz CT molecular complexity index is 996. The van der Waals surface area contributed by atoms with Gasteiger partial charge in [0.1, 0.15) is 17.5 Å². The lowest BCUT2D eigenvalue weighted by Crippen LogP contribution is -2.21. The van der Waals surface area contributed by atoms with E-state index in [0.29, 0.717) is 23.4 Å². The minimum Gasteiger partial charge on any atom is -0.367 e. The smallest absolute Gasteiger partial charge is 0.126 e. The van der Waals surface area contributed by atoms with Crippen LogP contribution < -0.4 is 16.4 Å². The predicted molar refractivity (Wildman–Crippen MR) is 115 cm³/mol. The lowest BCUT2D eigenvalue weighted by atomic mass is 10.1. The monoisotopic (exact) mass is 411 g/mol. The van der Waals surface area contributed by atoms with Crippen LogP contribution >= 0.6 is 11.6 Å². The molecule has 1 aliphatic rings. The molecule has 4 rings (SSSR count). The van der Waals surface area contributed by atoms with Crippen molar-refractivity contribution in [1.82, 2.24) is 9.97 Å². The van der Waals surface area contributed by atoms with E-state index in [2.05, 4.69) is 20.6 Å². The Morgan fingerprint density at radius 3 is 2.76 bits per heavy atom. The molecule has 2 atom stereocenters. The van der Waals surface area contributed by atoms with Crippen LogP contribution in [0.4, 0.5) is 16.0 Å². The highest BCUT2D eigenvalue weighted by Crippen LogP contribution is 2.30. The molecule has 2 heterocycles. The molecule has 4 N–H and O–H groups in total. The first-order chi connectivity index (χ1) is 14.1. The van der Waals surface area contributed by atoms with Crippen LogP contribution in [0.3, 0.4) is 0 Å². The lowest BCUT2D eigenvalue weighted by molar-refractivity contribution is 0.626. The maximum atomic E-state index is 13.4. The van der Waals surface area contributed by atoms with Crippen LogP contribution in [0.1, 0.15) is 24.8 Å². The number of nitrogens with two attached hydrogens (primary N) is 1. The van der Waals surface area contributed by atoms with Gasteiger partial charge in [0, 0.05) is 30.4 Å². The molecule has 1 fully saturated rings. The van der Waals surface area contributed by atoms with Crippen LogP contribution in [0.2, 0.25) is 5.02 Å². The summed E-state index contributed by atoms with van der Waals surface area (Å²) in [4.78, 5) is 9.06. The number of aromatic nitrogens is 2. The summed E-state index contributed by atoms with van der Waals surface area (Å²) in [5.74, 6) is 1.21. The predicted octanol–water partition coefficient (Wildman–Crippen LogP) is 4.84. The average molecular weight is 412 g/mol. The third kappa shape index (κ3) is 5.02. The molecule has 0 bridgehead atoms. The fourth-order valence-corrected chi connectivity index (χ4v) is 3.79. The minimum absolute atomic E-state index is 0.252. The van der Waals surface area contributed by atoms with Gasteiger partial charge in [0.25, 0.3) is 0 Å². The summed E-state index contributed by atoms with van der Waals surface area (Å²) in [5.41, 5.74) is 8.40. The lowest BCUT2D eigenvalue weighted by Gasteiger charge is -2.15. The van der Waals surface area contributed by atoms with Gasteiger partial charge in [-0.25, -0.2) is 14.4 Å². The summed E-state index contributed by atoms with van der Waals surface area (Å²) in [6.45, 7) is 0.479. The first-order valence-corrected chi connectivity index (χ1v) is 10.1. The zero-order valence-electron chi connectivity index (χ0n) is 15.9. The highest BCUT2D eigenvalue weighted by atomic mass is 35.5. The van der Waals surface area contributed by atoms with Crippen molar-refractivity contribution in [2.24, 2.45) is 5.73 Å². The fraction of sp³-hybridized carbons (Fsp3) is 0.273. The molecule has 0 radical (unpaired) electrons. The van der Waals surface area contributed by atoms with Crippen LogP contribution in [-0.2, 0) is 6.54 Å². The van der Waals surface area contributed by atoms with E-state index in [-0.39, 0.29) is 11.9 Å². The zero-order chi connectivity index (χ0) is 20.2. The number of halogens is 2. The Morgan fingerprint density at radius 1 is 1.10 bits per heavy atom. The second-order valence-electron chi connectivity index (χ2n) is 7.36. The van der Waals surface area contributed by atoms with Gasteiger partial charge in [-0.3, -0.25) is 0 Å². The van der Waals surface area contributed by atoms with Gasteiger partial charge >= 0.3 is 0 Å². The highest BCUT2D eigenvalue weighted by Gasteiger charge is 2.22. The molecule has 1 aromatic carbocycles. The quantitative estimate of drug-likeness (QED) is 0.541. The standard InChI is InChI=1S/C22H23ClFN5/c23-19-13-27-22(28-17-8-7-16(25)10-17)11-18(19)20-5-2-6-21(29-20)26-12-14-3-1-4-15(24)9-14/h1-6,9,11,13,16-17H,7-8,10,12,25H2,(H,26,29)(H,27,28)/t16-,17-/m1/s1. The van der Waals surface area contributed by atoms with Crippen molar-refractivity contribution in [3.63, 3.8) is 0 Å². The number of hydrogen-bond donors (Lipinski definition) is 3.